The van der Waals surface area contributed by atoms with Crippen LogP contribution in [0.2, 0.25) is 5.02 Å². The lowest BCUT2D eigenvalue weighted by Crippen LogP contribution is -2.25. The molecule has 1 N–H and O–H groups in total. The van der Waals surface area contributed by atoms with Gasteiger partial charge in [0.15, 0.2) is 0 Å². The van der Waals surface area contributed by atoms with Crippen molar-refractivity contribution in [3.8, 4) is 0 Å². The van der Waals surface area contributed by atoms with E-state index in [2.05, 4.69) is 0 Å². The maximum atomic E-state index is 13.3. The fourth-order valence-corrected chi connectivity index (χ4v) is 2.44. The zero-order chi connectivity index (χ0) is 14.9. The van der Waals surface area contributed by atoms with Gasteiger partial charge in [-0.25, -0.2) is 8.78 Å². The molecule has 2 aromatic carbocycles. The Kier molecular flexibility index (Phi) is 4.11. The van der Waals surface area contributed by atoms with E-state index in [0.29, 0.717) is 5.02 Å². The van der Waals surface area contributed by atoms with E-state index in [1.165, 1.54) is 6.92 Å². The second-order valence-electron chi connectivity index (χ2n) is 5.20. The summed E-state index contributed by atoms with van der Waals surface area (Å²) in [6, 6.07) is 8.51. The van der Waals surface area contributed by atoms with E-state index in [9.17, 15) is 13.9 Å². The Labute approximate surface area is 121 Å². The van der Waals surface area contributed by atoms with Crippen LogP contribution in [0.3, 0.4) is 0 Å². The second-order valence-corrected chi connectivity index (χ2v) is 5.61. The molecule has 0 amide bonds. The highest BCUT2D eigenvalue weighted by atomic mass is 35.5. The van der Waals surface area contributed by atoms with E-state index in [1.807, 2.05) is 19.1 Å². The number of aliphatic hydroxyl groups is 1. The maximum Gasteiger partial charge on any atom is 0.126 e. The number of hydrogen-bond donors (Lipinski definition) is 1. The fourth-order valence-electron chi connectivity index (χ4n) is 2.13. The van der Waals surface area contributed by atoms with Crippen molar-refractivity contribution in [2.24, 2.45) is 0 Å². The van der Waals surface area contributed by atoms with Gasteiger partial charge in [-0.05, 0) is 48.7 Å². The molecule has 0 aliphatic heterocycles. The van der Waals surface area contributed by atoms with Crippen molar-refractivity contribution in [2.45, 2.75) is 25.9 Å². The van der Waals surface area contributed by atoms with Crippen molar-refractivity contribution in [1.82, 2.24) is 0 Å². The molecule has 0 saturated heterocycles. The third-order valence-corrected chi connectivity index (χ3v) is 3.58. The molecule has 0 heterocycles. The largest absolute Gasteiger partial charge is 0.385 e. The molecule has 0 radical (unpaired) electrons. The summed E-state index contributed by atoms with van der Waals surface area (Å²) in [5.41, 5.74) is 0.524. The quantitative estimate of drug-likeness (QED) is 0.891. The number of halogens is 3. The molecule has 0 aliphatic carbocycles. The average molecular weight is 297 g/mol. The summed E-state index contributed by atoms with van der Waals surface area (Å²) < 4.78 is 26.5. The molecule has 0 spiro atoms. The lowest BCUT2D eigenvalue weighted by atomic mass is 9.88. The molecule has 0 bridgehead atoms. The number of aryl methyl sites for hydroxylation is 1. The van der Waals surface area contributed by atoms with Gasteiger partial charge in [0, 0.05) is 17.5 Å². The third kappa shape index (κ3) is 3.35. The first-order chi connectivity index (χ1) is 9.28. The van der Waals surface area contributed by atoms with Crippen LogP contribution in [-0.4, -0.2) is 5.11 Å². The minimum Gasteiger partial charge on any atom is -0.385 e. The topological polar surface area (TPSA) is 20.2 Å². The van der Waals surface area contributed by atoms with Gasteiger partial charge in [0.2, 0.25) is 0 Å². The fraction of sp³-hybridized carbons (Fsp3) is 0.250. The Morgan fingerprint density at radius 2 is 1.70 bits per heavy atom. The molecule has 0 aromatic heterocycles. The van der Waals surface area contributed by atoms with E-state index in [1.54, 1.807) is 6.07 Å². The van der Waals surface area contributed by atoms with Gasteiger partial charge >= 0.3 is 0 Å². The normalized spacial score (nSPS) is 14.1. The van der Waals surface area contributed by atoms with Gasteiger partial charge in [0.1, 0.15) is 11.6 Å². The molecule has 1 nitrogen and oxygen atoms in total. The molecule has 1 unspecified atom stereocenters. The first-order valence-electron chi connectivity index (χ1n) is 6.22. The highest BCUT2D eigenvalue weighted by Crippen LogP contribution is 2.30. The van der Waals surface area contributed by atoms with Gasteiger partial charge in [-0.2, -0.15) is 0 Å². The molecule has 0 aliphatic rings. The van der Waals surface area contributed by atoms with Crippen LogP contribution in [-0.2, 0) is 12.0 Å². The summed E-state index contributed by atoms with van der Waals surface area (Å²) in [6.07, 6.45) is 0.176. The molecule has 106 valence electrons. The van der Waals surface area contributed by atoms with Gasteiger partial charge in [-0.1, -0.05) is 23.7 Å². The van der Waals surface area contributed by atoms with E-state index in [-0.39, 0.29) is 12.0 Å². The van der Waals surface area contributed by atoms with Crippen molar-refractivity contribution in [2.75, 3.05) is 0 Å². The summed E-state index contributed by atoms with van der Waals surface area (Å²) in [5.74, 6) is -1.43. The predicted molar refractivity (Wildman–Crippen MR) is 75.8 cm³/mol. The number of benzene rings is 2. The smallest absolute Gasteiger partial charge is 0.126 e. The van der Waals surface area contributed by atoms with Crippen LogP contribution in [0.5, 0.6) is 0 Å². The van der Waals surface area contributed by atoms with E-state index in [0.717, 1.165) is 29.3 Å². The number of rotatable bonds is 3. The Hall–Kier alpha value is -1.45. The molecule has 0 fully saturated rings. The van der Waals surface area contributed by atoms with Crippen LogP contribution in [0.25, 0.3) is 0 Å². The third-order valence-electron chi connectivity index (χ3n) is 3.23. The van der Waals surface area contributed by atoms with Crippen LogP contribution in [0, 0.1) is 18.6 Å². The van der Waals surface area contributed by atoms with Crippen LogP contribution >= 0.6 is 11.6 Å². The Balaban J connectivity index is 2.34. The second kappa shape index (κ2) is 5.51. The average Bonchev–Trinajstić information content (AvgIpc) is 2.31. The molecular formula is C16H15ClF2O. The van der Waals surface area contributed by atoms with Crippen molar-refractivity contribution in [3.05, 3.63) is 69.7 Å². The van der Waals surface area contributed by atoms with E-state index in [4.69, 9.17) is 11.6 Å². The first-order valence-corrected chi connectivity index (χ1v) is 6.60. The highest BCUT2D eigenvalue weighted by molar-refractivity contribution is 6.31. The molecule has 4 heteroatoms. The van der Waals surface area contributed by atoms with Crippen molar-refractivity contribution in [3.63, 3.8) is 0 Å². The standard InChI is InChI=1S/C16H15ClF2O/c1-10-3-4-11(15(17)5-10)9-16(2,20)12-6-13(18)8-14(19)7-12/h3-8,20H,9H2,1-2H3. The number of hydrogen-bond acceptors (Lipinski definition) is 1. The van der Waals surface area contributed by atoms with Gasteiger partial charge in [-0.3, -0.25) is 0 Å². The molecule has 2 aromatic rings. The highest BCUT2D eigenvalue weighted by Gasteiger charge is 2.26. The van der Waals surface area contributed by atoms with E-state index < -0.39 is 17.2 Å². The summed E-state index contributed by atoms with van der Waals surface area (Å²) in [4.78, 5) is 0. The van der Waals surface area contributed by atoms with E-state index >= 15 is 0 Å². The summed E-state index contributed by atoms with van der Waals surface area (Å²) in [7, 11) is 0. The lowest BCUT2D eigenvalue weighted by molar-refractivity contribution is 0.0569. The Bertz CT molecular complexity index is 618. The van der Waals surface area contributed by atoms with Crippen molar-refractivity contribution < 1.29 is 13.9 Å². The predicted octanol–water partition coefficient (Wildman–Crippen LogP) is 4.38. The van der Waals surface area contributed by atoms with Crippen LogP contribution in [0.1, 0.15) is 23.6 Å². The Morgan fingerprint density at radius 3 is 2.25 bits per heavy atom. The summed E-state index contributed by atoms with van der Waals surface area (Å²) in [6.45, 7) is 3.42. The van der Waals surface area contributed by atoms with Gasteiger partial charge in [0.25, 0.3) is 0 Å². The first kappa shape index (κ1) is 14.9. The summed E-state index contributed by atoms with van der Waals surface area (Å²) >= 11 is 6.13. The monoisotopic (exact) mass is 296 g/mol. The molecule has 20 heavy (non-hydrogen) atoms. The van der Waals surface area contributed by atoms with Gasteiger partial charge < -0.3 is 5.11 Å². The van der Waals surface area contributed by atoms with Gasteiger partial charge in [0.05, 0.1) is 5.60 Å². The molecule has 2 rings (SSSR count). The molecule has 0 saturated carbocycles. The minimum absolute atomic E-state index is 0.176. The van der Waals surface area contributed by atoms with Crippen LogP contribution < -0.4 is 0 Å². The van der Waals surface area contributed by atoms with Crippen molar-refractivity contribution in [1.29, 1.82) is 0 Å². The molecular weight excluding hydrogens is 282 g/mol. The summed E-state index contributed by atoms with van der Waals surface area (Å²) in [5, 5.41) is 11.0. The Morgan fingerprint density at radius 1 is 1.10 bits per heavy atom. The minimum atomic E-state index is -1.40. The lowest BCUT2D eigenvalue weighted by Gasteiger charge is -2.25. The maximum absolute atomic E-state index is 13.3. The SMILES string of the molecule is Cc1ccc(CC(C)(O)c2cc(F)cc(F)c2)c(Cl)c1. The zero-order valence-corrected chi connectivity index (χ0v) is 12.0. The van der Waals surface area contributed by atoms with Gasteiger partial charge in [-0.15, -0.1) is 0 Å². The zero-order valence-electron chi connectivity index (χ0n) is 11.3. The van der Waals surface area contributed by atoms with Crippen LogP contribution in [0.15, 0.2) is 36.4 Å². The molecule has 1 atom stereocenters. The van der Waals surface area contributed by atoms with Crippen molar-refractivity contribution >= 4 is 11.6 Å². The van der Waals surface area contributed by atoms with Crippen LogP contribution in [0.4, 0.5) is 8.78 Å².